The van der Waals surface area contributed by atoms with Crippen LogP contribution in [0.2, 0.25) is 0 Å². The molecular weight excluding hydrogens is 218 g/mol. The molecule has 0 saturated heterocycles. The lowest BCUT2D eigenvalue weighted by molar-refractivity contribution is 0.152. The van der Waals surface area contributed by atoms with Gasteiger partial charge in [0.25, 0.3) is 0 Å². The summed E-state index contributed by atoms with van der Waals surface area (Å²) in [6.45, 7) is 4.53. The van der Waals surface area contributed by atoms with Crippen LogP contribution in [0.4, 0.5) is 0 Å². The van der Waals surface area contributed by atoms with Gasteiger partial charge in [0, 0.05) is 18.7 Å². The first-order chi connectivity index (χ1) is 8.04. The lowest BCUT2D eigenvalue weighted by Crippen LogP contribution is -2.28. The van der Waals surface area contributed by atoms with Gasteiger partial charge in [-0.15, -0.1) is 0 Å². The van der Waals surface area contributed by atoms with Crippen LogP contribution in [-0.4, -0.2) is 36.5 Å². The number of benzene rings is 1. The summed E-state index contributed by atoms with van der Waals surface area (Å²) in [6.07, 6.45) is -1.05. The molecule has 0 aliphatic heterocycles. The van der Waals surface area contributed by atoms with E-state index in [1.807, 2.05) is 25.1 Å². The van der Waals surface area contributed by atoms with E-state index < -0.39 is 12.2 Å². The van der Waals surface area contributed by atoms with E-state index in [9.17, 15) is 5.11 Å². The highest BCUT2D eigenvalue weighted by molar-refractivity contribution is 5.38. The molecule has 0 spiro atoms. The fourth-order valence-corrected chi connectivity index (χ4v) is 1.65. The third-order valence-electron chi connectivity index (χ3n) is 2.52. The molecule has 4 heteroatoms. The number of aliphatic hydroxyl groups excluding tert-OH is 2. The molecular formula is C13H21NO3. The van der Waals surface area contributed by atoms with E-state index in [2.05, 4.69) is 5.32 Å². The number of hydrogen-bond acceptors (Lipinski definition) is 4. The van der Waals surface area contributed by atoms with Crippen molar-refractivity contribution in [1.29, 1.82) is 0 Å². The molecule has 0 aromatic heterocycles. The predicted molar refractivity (Wildman–Crippen MR) is 67.2 cm³/mol. The van der Waals surface area contributed by atoms with E-state index in [1.54, 1.807) is 14.0 Å². The normalized spacial score (nSPS) is 14.4. The molecule has 3 N–H and O–H groups in total. The zero-order chi connectivity index (χ0) is 12.8. The van der Waals surface area contributed by atoms with Crippen molar-refractivity contribution in [3.8, 4) is 5.75 Å². The second kappa shape index (κ2) is 6.59. The lowest BCUT2D eigenvalue weighted by Gasteiger charge is -2.16. The van der Waals surface area contributed by atoms with Crippen molar-refractivity contribution in [1.82, 2.24) is 5.32 Å². The van der Waals surface area contributed by atoms with Crippen molar-refractivity contribution >= 4 is 0 Å². The van der Waals surface area contributed by atoms with Crippen LogP contribution in [0.5, 0.6) is 5.75 Å². The van der Waals surface area contributed by atoms with E-state index in [0.29, 0.717) is 18.8 Å². The van der Waals surface area contributed by atoms with Gasteiger partial charge in [0.05, 0.1) is 19.3 Å². The van der Waals surface area contributed by atoms with Crippen molar-refractivity contribution in [2.45, 2.75) is 26.1 Å². The third-order valence-corrected chi connectivity index (χ3v) is 2.52. The van der Waals surface area contributed by atoms with Crippen LogP contribution in [0.25, 0.3) is 0 Å². The molecule has 1 rings (SSSR count). The first kappa shape index (κ1) is 14.0. The maximum Gasteiger partial charge on any atom is 0.124 e. The minimum atomic E-state index is -0.636. The Balaban J connectivity index is 2.66. The van der Waals surface area contributed by atoms with Gasteiger partial charge in [0.2, 0.25) is 0 Å². The second-order valence-electron chi connectivity index (χ2n) is 4.27. The van der Waals surface area contributed by atoms with Gasteiger partial charge in [-0.2, -0.15) is 0 Å². The fourth-order valence-electron chi connectivity index (χ4n) is 1.65. The quantitative estimate of drug-likeness (QED) is 0.693. The van der Waals surface area contributed by atoms with Crippen LogP contribution in [0.1, 0.15) is 24.2 Å². The number of nitrogens with one attached hydrogen (secondary N) is 1. The standard InChI is InChI=1S/C13H21NO3/c1-9-4-5-13(17-3)11(6-9)12(16)8-14-7-10(2)15/h4-6,10,12,14-16H,7-8H2,1-3H3. The van der Waals surface area contributed by atoms with E-state index >= 15 is 0 Å². The minimum Gasteiger partial charge on any atom is -0.496 e. The maximum atomic E-state index is 10.0. The maximum absolute atomic E-state index is 10.0. The van der Waals surface area contributed by atoms with Crippen LogP contribution < -0.4 is 10.1 Å². The Morgan fingerprint density at radius 1 is 1.29 bits per heavy atom. The molecule has 2 atom stereocenters. The van der Waals surface area contributed by atoms with Crippen LogP contribution in [-0.2, 0) is 0 Å². The molecule has 0 aliphatic carbocycles. The smallest absolute Gasteiger partial charge is 0.124 e. The number of methoxy groups -OCH3 is 1. The van der Waals surface area contributed by atoms with Crippen molar-refractivity contribution in [2.24, 2.45) is 0 Å². The van der Waals surface area contributed by atoms with Gasteiger partial charge in [-0.1, -0.05) is 11.6 Å². The summed E-state index contributed by atoms with van der Waals surface area (Å²) in [5.74, 6) is 0.682. The number of ether oxygens (including phenoxy) is 1. The summed E-state index contributed by atoms with van der Waals surface area (Å²) in [5.41, 5.74) is 1.85. The Bertz CT molecular complexity index is 353. The van der Waals surface area contributed by atoms with Gasteiger partial charge in [0.15, 0.2) is 0 Å². The van der Waals surface area contributed by atoms with Gasteiger partial charge >= 0.3 is 0 Å². The molecule has 96 valence electrons. The highest BCUT2D eigenvalue weighted by atomic mass is 16.5. The number of hydrogen-bond donors (Lipinski definition) is 3. The monoisotopic (exact) mass is 239 g/mol. The third kappa shape index (κ3) is 4.34. The van der Waals surface area contributed by atoms with E-state index in [1.165, 1.54) is 0 Å². The van der Waals surface area contributed by atoms with Crippen molar-refractivity contribution in [2.75, 3.05) is 20.2 Å². The summed E-state index contributed by atoms with van der Waals surface area (Å²) >= 11 is 0. The zero-order valence-corrected chi connectivity index (χ0v) is 10.6. The highest BCUT2D eigenvalue weighted by Crippen LogP contribution is 2.25. The van der Waals surface area contributed by atoms with Crippen LogP contribution in [0.3, 0.4) is 0 Å². The summed E-state index contributed by atoms with van der Waals surface area (Å²) in [4.78, 5) is 0. The Hall–Kier alpha value is -1.10. The lowest BCUT2D eigenvalue weighted by atomic mass is 10.1. The zero-order valence-electron chi connectivity index (χ0n) is 10.6. The minimum absolute atomic E-state index is 0.394. The van der Waals surface area contributed by atoms with Crippen molar-refractivity contribution in [3.05, 3.63) is 29.3 Å². The van der Waals surface area contributed by atoms with Gasteiger partial charge in [-0.3, -0.25) is 0 Å². The molecule has 0 amide bonds. The van der Waals surface area contributed by atoms with Gasteiger partial charge < -0.3 is 20.3 Å². The Labute approximate surface area is 102 Å². The second-order valence-corrected chi connectivity index (χ2v) is 4.27. The first-order valence-corrected chi connectivity index (χ1v) is 5.76. The topological polar surface area (TPSA) is 61.7 Å². The molecule has 0 aliphatic rings. The number of rotatable bonds is 6. The first-order valence-electron chi connectivity index (χ1n) is 5.76. The molecule has 0 radical (unpaired) electrons. The van der Waals surface area contributed by atoms with Crippen molar-refractivity contribution < 1.29 is 14.9 Å². The Kier molecular flexibility index (Phi) is 5.41. The number of aryl methyl sites for hydroxylation is 1. The van der Waals surface area contributed by atoms with E-state index in [0.717, 1.165) is 11.1 Å². The molecule has 2 unspecified atom stereocenters. The summed E-state index contributed by atoms with van der Waals surface area (Å²) < 4.78 is 5.21. The summed E-state index contributed by atoms with van der Waals surface area (Å²) in [6, 6.07) is 5.70. The van der Waals surface area contributed by atoms with Gasteiger partial charge in [0.1, 0.15) is 5.75 Å². The SMILES string of the molecule is COc1ccc(C)cc1C(O)CNCC(C)O. The van der Waals surface area contributed by atoms with Crippen LogP contribution in [0.15, 0.2) is 18.2 Å². The molecule has 0 heterocycles. The average Bonchev–Trinajstić information content (AvgIpc) is 2.28. The van der Waals surface area contributed by atoms with Crippen LogP contribution >= 0.6 is 0 Å². The average molecular weight is 239 g/mol. The summed E-state index contributed by atoms with van der Waals surface area (Å²) in [5, 5.41) is 22.2. The molecule has 1 aromatic carbocycles. The summed E-state index contributed by atoms with van der Waals surface area (Å²) in [7, 11) is 1.59. The predicted octanol–water partition coefficient (Wildman–Crippen LogP) is 1.01. The van der Waals surface area contributed by atoms with E-state index in [-0.39, 0.29) is 0 Å². The fraction of sp³-hybridized carbons (Fsp3) is 0.538. The Morgan fingerprint density at radius 2 is 2.00 bits per heavy atom. The van der Waals surface area contributed by atoms with Crippen LogP contribution in [0, 0.1) is 6.92 Å². The molecule has 0 fully saturated rings. The molecule has 1 aromatic rings. The van der Waals surface area contributed by atoms with E-state index in [4.69, 9.17) is 9.84 Å². The van der Waals surface area contributed by atoms with Crippen molar-refractivity contribution in [3.63, 3.8) is 0 Å². The molecule has 17 heavy (non-hydrogen) atoms. The molecule has 0 saturated carbocycles. The van der Waals surface area contributed by atoms with Gasteiger partial charge in [-0.25, -0.2) is 0 Å². The largest absolute Gasteiger partial charge is 0.496 e. The number of aliphatic hydroxyl groups is 2. The molecule has 0 bridgehead atoms. The Morgan fingerprint density at radius 3 is 2.59 bits per heavy atom. The highest BCUT2D eigenvalue weighted by Gasteiger charge is 2.13. The molecule has 4 nitrogen and oxygen atoms in total. The van der Waals surface area contributed by atoms with Gasteiger partial charge in [-0.05, 0) is 26.0 Å².